The first-order valence-corrected chi connectivity index (χ1v) is 17.2. The van der Waals surface area contributed by atoms with E-state index in [-0.39, 0.29) is 41.0 Å². The van der Waals surface area contributed by atoms with E-state index in [1.807, 2.05) is 17.0 Å². The second-order valence-corrected chi connectivity index (χ2v) is 14.1. The Morgan fingerprint density at radius 2 is 1.64 bits per heavy atom. The number of hydrogen-bond donors (Lipinski definition) is 4. The number of carbonyl (C=O) groups excluding carboxylic acids is 4. The second-order valence-electron chi connectivity index (χ2n) is 12.4. The number of fused-ring (bicyclic) bond motifs is 3. The number of nitrogens with one attached hydrogen (secondary N) is 2. The summed E-state index contributed by atoms with van der Waals surface area (Å²) in [7, 11) is -5.80. The summed E-state index contributed by atoms with van der Waals surface area (Å²) in [6.45, 7) is 2.64. The number of alkyl halides is 2. The molecule has 3 aromatic rings. The largest absolute Gasteiger partial charge is 0.399 e. The van der Waals surface area contributed by atoms with Crippen molar-refractivity contribution in [1.29, 1.82) is 0 Å². The Bertz CT molecular complexity index is 1760. The van der Waals surface area contributed by atoms with Gasteiger partial charge in [-0.3, -0.25) is 23.7 Å². The van der Waals surface area contributed by atoms with Gasteiger partial charge in [0.2, 0.25) is 17.7 Å². The Balaban J connectivity index is 1.23. The molecule has 0 saturated carbocycles. The van der Waals surface area contributed by atoms with Gasteiger partial charge in [-0.25, -0.2) is 0 Å². The third kappa shape index (κ3) is 6.29. The predicted octanol–water partition coefficient (Wildman–Crippen LogP) is 2.73. The number of benzene rings is 2. The highest BCUT2D eigenvalue weighted by molar-refractivity contribution is 7.52. The minimum absolute atomic E-state index is 0.0874. The zero-order valence-corrected chi connectivity index (χ0v) is 26.6. The van der Waals surface area contributed by atoms with Crippen molar-refractivity contribution in [2.75, 3.05) is 26.2 Å². The van der Waals surface area contributed by atoms with Gasteiger partial charge in [0.15, 0.2) is 0 Å². The average Bonchev–Trinajstić information content (AvgIpc) is 3.58. The van der Waals surface area contributed by atoms with E-state index in [2.05, 4.69) is 22.4 Å². The summed E-state index contributed by atoms with van der Waals surface area (Å²) in [5.74, 6) is -1.65. The molecular formula is C32H36F2N5O7P. The summed E-state index contributed by atoms with van der Waals surface area (Å²) < 4.78 is 40.0. The highest BCUT2D eigenvalue weighted by atomic mass is 31.2. The van der Waals surface area contributed by atoms with Crippen LogP contribution in [-0.2, 0) is 37.5 Å². The molecule has 0 bridgehead atoms. The molecule has 15 heteroatoms. The van der Waals surface area contributed by atoms with Crippen LogP contribution in [0.3, 0.4) is 0 Å². The molecular weight excluding hydrogens is 635 g/mol. The predicted molar refractivity (Wildman–Crippen MR) is 166 cm³/mol. The molecule has 6 rings (SSSR count). The van der Waals surface area contributed by atoms with Gasteiger partial charge in [0.05, 0.1) is 0 Å². The zero-order chi connectivity index (χ0) is 33.7. The van der Waals surface area contributed by atoms with Crippen LogP contribution in [0, 0.1) is 0 Å². The number of amides is 4. The van der Waals surface area contributed by atoms with Crippen LogP contribution >= 0.6 is 7.60 Å². The summed E-state index contributed by atoms with van der Waals surface area (Å²) in [5.41, 5.74) is -2.79. The number of aromatic amines is 1. The number of hydrogen-bond acceptors (Lipinski definition) is 5. The first kappa shape index (κ1) is 32.8. The number of H-pyrrole nitrogens is 1. The smallest absolute Gasteiger partial charge is 0.351 e. The minimum atomic E-state index is -5.80. The van der Waals surface area contributed by atoms with Gasteiger partial charge < -0.3 is 34.8 Å². The lowest BCUT2D eigenvalue weighted by molar-refractivity contribution is -0.148. The average molecular weight is 672 g/mol. The minimum Gasteiger partial charge on any atom is -0.351 e. The van der Waals surface area contributed by atoms with E-state index in [1.165, 1.54) is 35.1 Å². The maximum Gasteiger partial charge on any atom is 0.399 e. The number of rotatable bonds is 5. The van der Waals surface area contributed by atoms with E-state index in [9.17, 15) is 32.5 Å². The summed E-state index contributed by atoms with van der Waals surface area (Å²) in [6.07, 6.45) is 2.95. The van der Waals surface area contributed by atoms with Crippen LogP contribution in [0.5, 0.6) is 0 Å². The molecule has 3 aliphatic heterocycles. The molecule has 2 fully saturated rings. The fraction of sp³-hybridized carbons (Fsp3) is 0.438. The molecule has 3 aliphatic rings. The van der Waals surface area contributed by atoms with Crippen LogP contribution in [0.4, 0.5) is 8.78 Å². The molecule has 3 atom stereocenters. The molecule has 1 aromatic heterocycles. The highest BCUT2D eigenvalue weighted by Gasteiger charge is 2.50. The lowest BCUT2D eigenvalue weighted by Gasteiger charge is -2.39. The van der Waals surface area contributed by atoms with Crippen LogP contribution in [-0.4, -0.2) is 97.4 Å². The van der Waals surface area contributed by atoms with Crippen molar-refractivity contribution in [1.82, 2.24) is 25.0 Å². The molecule has 47 heavy (non-hydrogen) atoms. The second kappa shape index (κ2) is 12.5. The van der Waals surface area contributed by atoms with Crippen LogP contribution in [0.25, 0.3) is 10.9 Å². The van der Waals surface area contributed by atoms with E-state index in [0.29, 0.717) is 51.7 Å². The standard InChI is InChI=1S/C32H36F2N5O7P/c1-19(40)38-15-12-24-7-9-28(31(43)37-13-10-20-4-2-3-5-21(20)11-14-37)39(24)30(42)27(18-38)36-29(41)26-17-22-16-23(6-8-25(22)35-26)32(33,34)47(44,45)46/h2-6,8,16-17,24,27-28,35H,7,9-15,18H2,1H3,(H,36,41)(H2,44,45,46)/t24-,27+,28+/m1/s1. The van der Waals surface area contributed by atoms with Gasteiger partial charge in [-0.2, -0.15) is 8.78 Å². The van der Waals surface area contributed by atoms with Crippen molar-refractivity contribution < 1.29 is 42.3 Å². The SMILES string of the molecule is CC(=O)N1CC[C@H]2CC[C@@H](C(=O)N3CCc4ccccc4CC3)N2C(=O)[C@@H](NC(=O)c2cc3cc(C(F)(F)P(=O)(O)O)ccc3[nH]2)C1. The van der Waals surface area contributed by atoms with Gasteiger partial charge in [0.1, 0.15) is 17.8 Å². The van der Waals surface area contributed by atoms with Crippen LogP contribution in [0.1, 0.15) is 53.4 Å². The molecule has 4 N–H and O–H groups in total. The van der Waals surface area contributed by atoms with Crippen molar-refractivity contribution in [2.45, 2.75) is 62.8 Å². The fourth-order valence-corrected chi connectivity index (χ4v) is 7.43. The van der Waals surface area contributed by atoms with Crippen LogP contribution < -0.4 is 5.32 Å². The molecule has 4 amide bonds. The van der Waals surface area contributed by atoms with Crippen molar-refractivity contribution in [3.8, 4) is 0 Å². The summed E-state index contributed by atoms with van der Waals surface area (Å²) >= 11 is 0. The molecule has 0 aliphatic carbocycles. The molecule has 0 spiro atoms. The Morgan fingerprint density at radius 3 is 2.28 bits per heavy atom. The van der Waals surface area contributed by atoms with E-state index in [0.717, 1.165) is 12.1 Å². The molecule has 2 saturated heterocycles. The molecule has 2 aromatic carbocycles. The number of nitrogens with zero attached hydrogens (tertiary/aromatic N) is 3. The molecule has 0 unspecified atom stereocenters. The summed E-state index contributed by atoms with van der Waals surface area (Å²) in [6, 6.07) is 10.0. The van der Waals surface area contributed by atoms with Crippen molar-refractivity contribution in [3.05, 3.63) is 70.9 Å². The maximum atomic E-state index is 14.3. The maximum absolute atomic E-state index is 14.3. The monoisotopic (exact) mass is 671 g/mol. The van der Waals surface area contributed by atoms with Crippen molar-refractivity contribution in [3.63, 3.8) is 0 Å². The first-order chi connectivity index (χ1) is 22.2. The van der Waals surface area contributed by atoms with Gasteiger partial charge in [-0.1, -0.05) is 30.3 Å². The molecule has 4 heterocycles. The van der Waals surface area contributed by atoms with E-state index in [1.54, 1.807) is 4.90 Å². The van der Waals surface area contributed by atoms with Gasteiger partial charge in [-0.15, -0.1) is 0 Å². The highest BCUT2D eigenvalue weighted by Crippen LogP contribution is 2.59. The first-order valence-electron chi connectivity index (χ1n) is 15.6. The molecule has 12 nitrogen and oxygen atoms in total. The third-order valence-electron chi connectivity index (χ3n) is 9.54. The van der Waals surface area contributed by atoms with E-state index >= 15 is 0 Å². The normalized spacial score (nSPS) is 22.3. The number of carbonyl (C=O) groups is 4. The summed E-state index contributed by atoms with van der Waals surface area (Å²) in [5, 5.41) is 2.79. The van der Waals surface area contributed by atoms with Gasteiger partial charge >= 0.3 is 13.3 Å². The Kier molecular flexibility index (Phi) is 8.71. The Labute approximate surface area is 269 Å². The quantitative estimate of drug-likeness (QED) is 0.303. The van der Waals surface area contributed by atoms with Gasteiger partial charge in [-0.05, 0) is 61.4 Å². The molecule has 250 valence electrons. The topological polar surface area (TPSA) is 163 Å². The van der Waals surface area contributed by atoms with Crippen LogP contribution in [0.2, 0.25) is 0 Å². The number of aromatic nitrogens is 1. The van der Waals surface area contributed by atoms with E-state index in [4.69, 9.17) is 9.79 Å². The van der Waals surface area contributed by atoms with Crippen molar-refractivity contribution >= 4 is 42.1 Å². The zero-order valence-electron chi connectivity index (χ0n) is 25.7. The van der Waals surface area contributed by atoms with Crippen molar-refractivity contribution in [2.24, 2.45) is 0 Å². The Hall–Kier alpha value is -4.13. The lowest BCUT2D eigenvalue weighted by Crippen LogP contribution is -2.61. The van der Waals surface area contributed by atoms with Gasteiger partial charge in [0.25, 0.3) is 5.91 Å². The molecule has 0 radical (unpaired) electrons. The lowest BCUT2D eigenvalue weighted by atomic mass is 10.0. The fourth-order valence-electron chi connectivity index (χ4n) is 6.96. The van der Waals surface area contributed by atoms with Crippen LogP contribution in [0.15, 0.2) is 48.5 Å². The Morgan fingerprint density at radius 1 is 0.957 bits per heavy atom. The van der Waals surface area contributed by atoms with Gasteiger partial charge in [0, 0.05) is 55.6 Å². The number of halogens is 2. The van der Waals surface area contributed by atoms with E-state index < -0.39 is 42.7 Å². The third-order valence-corrected chi connectivity index (χ3v) is 10.5. The summed E-state index contributed by atoms with van der Waals surface area (Å²) in [4.78, 5) is 80.0.